The molecule has 4 rings (SSSR count). The maximum Gasteiger partial charge on any atom is 0.266 e. The fourth-order valence-electron chi connectivity index (χ4n) is 2.96. The van der Waals surface area contributed by atoms with E-state index >= 15 is 0 Å². The molecule has 1 heterocycles. The minimum absolute atomic E-state index is 0.0973. The summed E-state index contributed by atoms with van der Waals surface area (Å²) in [6, 6.07) is 19.2. The second kappa shape index (κ2) is 8.83. The Morgan fingerprint density at radius 3 is 2.58 bits per heavy atom. The number of nitrogens with zero attached hydrogens (tertiary/aromatic N) is 2. The topological polar surface area (TPSA) is 78.9 Å². The van der Waals surface area contributed by atoms with Gasteiger partial charge in [-0.25, -0.2) is 0 Å². The fourth-order valence-corrected chi connectivity index (χ4v) is 3.44. The summed E-state index contributed by atoms with van der Waals surface area (Å²) in [5.41, 5.74) is 2.31. The van der Waals surface area contributed by atoms with E-state index in [2.05, 4.69) is 10.5 Å². The first-order chi connectivity index (χ1) is 15.0. The summed E-state index contributed by atoms with van der Waals surface area (Å²) in [5, 5.41) is 18.0. The van der Waals surface area contributed by atoms with E-state index in [4.69, 9.17) is 39.3 Å². The minimum Gasteiger partial charge on any atom is -0.355 e. The summed E-state index contributed by atoms with van der Waals surface area (Å²) < 4.78 is 5.49. The first kappa shape index (κ1) is 21.0. The van der Waals surface area contributed by atoms with Crippen molar-refractivity contribution < 1.29 is 9.32 Å². The van der Waals surface area contributed by atoms with E-state index in [0.717, 1.165) is 10.9 Å². The summed E-state index contributed by atoms with van der Waals surface area (Å²) in [5.74, 6) is -0.0365. The van der Waals surface area contributed by atoms with Crippen molar-refractivity contribution in [2.24, 2.45) is 0 Å². The van der Waals surface area contributed by atoms with Gasteiger partial charge in [-0.05, 0) is 60.2 Å². The number of hydrogen-bond acceptors (Lipinski definition) is 4. The minimum atomic E-state index is -0.602. The van der Waals surface area contributed by atoms with Gasteiger partial charge >= 0.3 is 0 Å². The number of nitrogens with one attached hydrogen (secondary N) is 1. The molecule has 0 spiro atoms. The lowest BCUT2D eigenvalue weighted by Crippen LogP contribution is -2.13. The first-order valence-corrected chi connectivity index (χ1v) is 10.1. The Kier molecular flexibility index (Phi) is 5.97. The van der Waals surface area contributed by atoms with Gasteiger partial charge in [-0.1, -0.05) is 52.1 Å². The number of amides is 1. The molecule has 0 aliphatic rings. The maximum absolute atomic E-state index is 12.6. The Morgan fingerprint density at radius 2 is 1.84 bits per heavy atom. The standard InChI is InChI=1S/C23H12Cl3N3O2/c24-16-7-5-14(6-8-16)22-17-11-13(4-9-19(17)29-31-22)10-15(12-27)23(30)28-20-3-1-2-18(25)21(20)26/h1-11H,(H,28,30)/b15-10+. The highest BCUT2D eigenvalue weighted by Gasteiger charge is 2.15. The number of fused-ring (bicyclic) bond motifs is 1. The lowest BCUT2D eigenvalue weighted by Gasteiger charge is -2.07. The predicted molar refractivity (Wildman–Crippen MR) is 123 cm³/mol. The average Bonchev–Trinajstić information content (AvgIpc) is 3.19. The van der Waals surface area contributed by atoms with E-state index in [-0.39, 0.29) is 10.6 Å². The Morgan fingerprint density at radius 1 is 1.06 bits per heavy atom. The molecule has 31 heavy (non-hydrogen) atoms. The summed E-state index contributed by atoms with van der Waals surface area (Å²) in [6.07, 6.45) is 1.48. The number of nitriles is 1. The third-order valence-corrected chi connectivity index (χ3v) is 5.55. The van der Waals surface area contributed by atoms with Crippen molar-refractivity contribution in [2.75, 3.05) is 5.32 Å². The molecule has 0 radical (unpaired) electrons. The zero-order chi connectivity index (χ0) is 22.0. The molecule has 0 saturated carbocycles. The predicted octanol–water partition coefficient (Wildman–Crippen LogP) is 7.00. The quantitative estimate of drug-likeness (QED) is 0.258. The molecule has 0 fully saturated rings. The van der Waals surface area contributed by atoms with Gasteiger partial charge in [0.1, 0.15) is 17.2 Å². The summed E-state index contributed by atoms with van der Waals surface area (Å²) in [7, 11) is 0. The Bertz CT molecular complexity index is 1370. The fraction of sp³-hybridized carbons (Fsp3) is 0. The van der Waals surface area contributed by atoms with Gasteiger partial charge in [0.25, 0.3) is 5.91 Å². The molecule has 0 saturated heterocycles. The molecule has 0 aliphatic heterocycles. The third-order valence-electron chi connectivity index (χ3n) is 4.48. The number of anilines is 1. The highest BCUT2D eigenvalue weighted by molar-refractivity contribution is 6.44. The SMILES string of the molecule is N#C/C(=C\c1ccc2noc(-c3ccc(Cl)cc3)c2c1)C(=O)Nc1cccc(Cl)c1Cl. The highest BCUT2D eigenvalue weighted by atomic mass is 35.5. The molecule has 1 amide bonds. The van der Waals surface area contributed by atoms with Crippen LogP contribution in [0.15, 0.2) is 70.8 Å². The van der Waals surface area contributed by atoms with Crippen LogP contribution in [0.25, 0.3) is 28.3 Å². The Hall–Kier alpha value is -3.30. The van der Waals surface area contributed by atoms with E-state index in [1.165, 1.54) is 6.08 Å². The normalized spacial score (nSPS) is 11.4. The van der Waals surface area contributed by atoms with Crippen LogP contribution in [0.3, 0.4) is 0 Å². The first-order valence-electron chi connectivity index (χ1n) is 8.99. The molecule has 3 aromatic carbocycles. The largest absolute Gasteiger partial charge is 0.355 e. The molecule has 1 aromatic heterocycles. The molecular formula is C23H12Cl3N3O2. The van der Waals surface area contributed by atoms with Gasteiger partial charge in [0.2, 0.25) is 0 Å². The van der Waals surface area contributed by atoms with Crippen molar-refractivity contribution in [3.63, 3.8) is 0 Å². The molecule has 4 aromatic rings. The van der Waals surface area contributed by atoms with Gasteiger partial charge in [-0.3, -0.25) is 4.79 Å². The zero-order valence-corrected chi connectivity index (χ0v) is 18.0. The molecule has 0 bridgehead atoms. The molecule has 1 N–H and O–H groups in total. The van der Waals surface area contributed by atoms with Crippen molar-refractivity contribution in [3.8, 4) is 17.4 Å². The van der Waals surface area contributed by atoms with Crippen molar-refractivity contribution in [1.29, 1.82) is 5.26 Å². The molecule has 152 valence electrons. The summed E-state index contributed by atoms with van der Waals surface area (Å²) >= 11 is 18.0. The number of hydrogen-bond donors (Lipinski definition) is 1. The third kappa shape index (κ3) is 4.42. The van der Waals surface area contributed by atoms with Gasteiger partial charge in [-0.15, -0.1) is 0 Å². The van der Waals surface area contributed by atoms with Crippen LogP contribution >= 0.6 is 34.8 Å². The summed E-state index contributed by atoms with van der Waals surface area (Å²) in [4.78, 5) is 12.6. The van der Waals surface area contributed by atoms with Crippen molar-refractivity contribution in [2.45, 2.75) is 0 Å². The van der Waals surface area contributed by atoms with Gasteiger partial charge < -0.3 is 9.84 Å². The van der Waals surface area contributed by atoms with E-state index in [0.29, 0.717) is 32.6 Å². The Balaban J connectivity index is 1.67. The second-order valence-electron chi connectivity index (χ2n) is 6.52. The van der Waals surface area contributed by atoms with E-state index in [1.54, 1.807) is 48.5 Å². The molecule has 0 aliphatic carbocycles. The van der Waals surface area contributed by atoms with Crippen LogP contribution in [0, 0.1) is 11.3 Å². The van der Waals surface area contributed by atoms with Crippen LogP contribution in [0.5, 0.6) is 0 Å². The van der Waals surface area contributed by atoms with Gasteiger partial charge in [-0.2, -0.15) is 5.26 Å². The number of carbonyl (C=O) groups is 1. The molecule has 0 unspecified atom stereocenters. The Labute approximate surface area is 192 Å². The number of aromatic nitrogens is 1. The lowest BCUT2D eigenvalue weighted by atomic mass is 10.0. The molecular weight excluding hydrogens is 457 g/mol. The van der Waals surface area contributed by atoms with Crippen LogP contribution < -0.4 is 5.32 Å². The molecule has 0 atom stereocenters. The number of carbonyl (C=O) groups excluding carboxylic acids is 1. The zero-order valence-electron chi connectivity index (χ0n) is 15.7. The van der Waals surface area contributed by atoms with Crippen molar-refractivity contribution >= 4 is 63.4 Å². The molecule has 8 heteroatoms. The monoisotopic (exact) mass is 467 g/mol. The maximum atomic E-state index is 12.6. The average molecular weight is 469 g/mol. The lowest BCUT2D eigenvalue weighted by molar-refractivity contribution is -0.112. The van der Waals surface area contributed by atoms with Crippen LogP contribution in [0.1, 0.15) is 5.56 Å². The van der Waals surface area contributed by atoms with Crippen molar-refractivity contribution in [3.05, 3.63) is 86.9 Å². The van der Waals surface area contributed by atoms with Gasteiger partial charge in [0, 0.05) is 10.6 Å². The number of rotatable bonds is 4. The van der Waals surface area contributed by atoms with E-state index in [1.807, 2.05) is 18.2 Å². The highest BCUT2D eigenvalue weighted by Crippen LogP contribution is 2.31. The van der Waals surface area contributed by atoms with E-state index in [9.17, 15) is 10.1 Å². The number of halogens is 3. The molecule has 5 nitrogen and oxygen atoms in total. The second-order valence-corrected chi connectivity index (χ2v) is 7.74. The van der Waals surface area contributed by atoms with Gasteiger partial charge in [0.15, 0.2) is 5.76 Å². The smallest absolute Gasteiger partial charge is 0.266 e. The van der Waals surface area contributed by atoms with E-state index < -0.39 is 5.91 Å². The van der Waals surface area contributed by atoms with Crippen LogP contribution in [0.2, 0.25) is 15.1 Å². The van der Waals surface area contributed by atoms with Crippen LogP contribution in [-0.2, 0) is 4.79 Å². The summed E-state index contributed by atoms with van der Waals surface area (Å²) in [6.45, 7) is 0. The van der Waals surface area contributed by atoms with Crippen molar-refractivity contribution in [1.82, 2.24) is 5.16 Å². The number of benzene rings is 3. The van der Waals surface area contributed by atoms with Crippen LogP contribution in [-0.4, -0.2) is 11.1 Å². The van der Waals surface area contributed by atoms with Gasteiger partial charge in [0.05, 0.1) is 21.1 Å². The van der Waals surface area contributed by atoms with Crippen LogP contribution in [0.4, 0.5) is 5.69 Å².